The quantitative estimate of drug-likeness (QED) is 0.501. The van der Waals surface area contributed by atoms with E-state index in [1.54, 1.807) is 0 Å². The molecule has 0 amide bonds. The van der Waals surface area contributed by atoms with Crippen molar-refractivity contribution in [3.63, 3.8) is 0 Å². The molecule has 4 heteroatoms. The lowest BCUT2D eigenvalue weighted by molar-refractivity contribution is -0.677. The number of hydrogen-bond acceptors (Lipinski definition) is 0. The molecule has 2 rings (SSSR count). The lowest BCUT2D eigenvalue weighted by Gasteiger charge is -2.02. The van der Waals surface area contributed by atoms with Crippen LogP contribution in [-0.4, -0.2) is 9.13 Å². The van der Waals surface area contributed by atoms with Crippen molar-refractivity contribution in [2.45, 2.75) is 65.5 Å². The zero-order chi connectivity index (χ0) is 15.9. The van der Waals surface area contributed by atoms with Crippen LogP contribution < -0.4 is 9.13 Å². The highest BCUT2D eigenvalue weighted by Gasteiger charge is 2.08. The van der Waals surface area contributed by atoms with Gasteiger partial charge in [0.2, 0.25) is 0 Å². The van der Waals surface area contributed by atoms with Gasteiger partial charge in [0.05, 0.1) is 27.2 Å². The van der Waals surface area contributed by atoms with E-state index in [0.717, 1.165) is 13.1 Å². The van der Waals surface area contributed by atoms with Gasteiger partial charge in [-0.2, -0.15) is 0 Å². The molecule has 0 aromatic carbocycles. The van der Waals surface area contributed by atoms with Crippen molar-refractivity contribution in [3.8, 4) is 0 Å². The second-order valence-electron chi connectivity index (χ2n) is 6.42. The zero-order valence-electron chi connectivity index (χ0n) is 14.8. The fourth-order valence-corrected chi connectivity index (χ4v) is 2.94. The second-order valence-corrected chi connectivity index (χ2v) is 6.42. The average molecular weight is 304 g/mol. The van der Waals surface area contributed by atoms with Gasteiger partial charge in [0.25, 0.3) is 11.6 Å². The minimum absolute atomic E-state index is 1.16. The highest BCUT2D eigenvalue weighted by Crippen LogP contribution is 2.08. The molecule has 0 saturated heterocycles. The lowest BCUT2D eigenvalue weighted by Crippen LogP contribution is -2.29. The first-order valence-electron chi connectivity index (χ1n) is 8.62. The molecule has 22 heavy (non-hydrogen) atoms. The van der Waals surface area contributed by atoms with Gasteiger partial charge in [-0.15, -0.1) is 0 Å². The molecular weight excluding hydrogens is 272 g/mol. The van der Waals surface area contributed by atoms with Gasteiger partial charge in [-0.25, -0.2) is 18.3 Å². The second kappa shape index (κ2) is 8.16. The number of aryl methyl sites for hydroxylation is 4. The Balaban J connectivity index is 1.51. The molecule has 0 saturated carbocycles. The third kappa shape index (κ3) is 4.46. The molecule has 0 atom stereocenters. The molecule has 2 aromatic rings. The first kappa shape index (κ1) is 16.8. The van der Waals surface area contributed by atoms with Crippen LogP contribution >= 0.6 is 0 Å². The van der Waals surface area contributed by atoms with Gasteiger partial charge in [0.15, 0.2) is 0 Å². The summed E-state index contributed by atoms with van der Waals surface area (Å²) in [4.78, 5) is 0. The maximum atomic E-state index is 2.36. The van der Waals surface area contributed by atoms with Crippen LogP contribution in [-0.2, 0) is 27.2 Å². The van der Waals surface area contributed by atoms with E-state index < -0.39 is 0 Å². The van der Waals surface area contributed by atoms with Crippen molar-refractivity contribution >= 4 is 0 Å². The van der Waals surface area contributed by atoms with Crippen molar-refractivity contribution in [3.05, 3.63) is 36.4 Å². The summed E-state index contributed by atoms with van der Waals surface area (Å²) in [6.45, 7) is 6.68. The van der Waals surface area contributed by atoms with Crippen LogP contribution in [0.5, 0.6) is 0 Å². The van der Waals surface area contributed by atoms with E-state index in [2.05, 4.69) is 71.0 Å². The molecule has 0 bridgehead atoms. The van der Waals surface area contributed by atoms with Gasteiger partial charge in [-0.1, -0.05) is 12.8 Å². The first-order chi connectivity index (χ1) is 10.6. The number of hydrogen-bond donors (Lipinski definition) is 0. The molecule has 0 radical (unpaired) electrons. The summed E-state index contributed by atoms with van der Waals surface area (Å²) < 4.78 is 9.08. The molecule has 0 fully saturated rings. The van der Waals surface area contributed by atoms with E-state index in [9.17, 15) is 0 Å². The Kier molecular flexibility index (Phi) is 6.22. The molecule has 0 aliphatic heterocycles. The van der Waals surface area contributed by atoms with Crippen LogP contribution in [0.2, 0.25) is 0 Å². The summed E-state index contributed by atoms with van der Waals surface area (Å²) in [5.41, 5.74) is 0. The summed E-state index contributed by atoms with van der Waals surface area (Å²) >= 11 is 0. The van der Waals surface area contributed by atoms with Crippen molar-refractivity contribution in [2.75, 3.05) is 0 Å². The van der Waals surface area contributed by atoms with E-state index >= 15 is 0 Å². The highest BCUT2D eigenvalue weighted by molar-refractivity contribution is 4.79. The minimum Gasteiger partial charge on any atom is -0.237 e. The van der Waals surface area contributed by atoms with Crippen LogP contribution in [0.15, 0.2) is 24.8 Å². The molecule has 2 aromatic heterocycles. The van der Waals surface area contributed by atoms with Crippen LogP contribution in [0.1, 0.15) is 50.2 Å². The molecule has 0 N–H and O–H groups in total. The van der Waals surface area contributed by atoms with Crippen molar-refractivity contribution < 1.29 is 9.13 Å². The molecule has 4 nitrogen and oxygen atoms in total. The SMILES string of the molecule is Cc1n(CCCCCCCCn2cc[n+](C)c2C)cc[n+]1C. The standard InChI is InChI=1S/C18H32N4/c1-17-19(3)13-15-21(17)11-9-7-5-6-8-10-12-22-16-14-20(4)18(22)2/h13-16H,5-12H2,1-4H3/q+2. The summed E-state index contributed by atoms with van der Waals surface area (Å²) in [6, 6.07) is 0. The number of imidazole rings is 2. The van der Waals surface area contributed by atoms with Gasteiger partial charge >= 0.3 is 0 Å². The van der Waals surface area contributed by atoms with E-state index in [1.807, 2.05) is 0 Å². The maximum absolute atomic E-state index is 2.36. The van der Waals surface area contributed by atoms with Gasteiger partial charge < -0.3 is 0 Å². The Labute approximate surface area is 135 Å². The fourth-order valence-electron chi connectivity index (χ4n) is 2.94. The van der Waals surface area contributed by atoms with Crippen molar-refractivity contribution in [1.82, 2.24) is 9.13 Å². The summed E-state index contributed by atoms with van der Waals surface area (Å²) in [5, 5.41) is 0. The van der Waals surface area contributed by atoms with E-state index in [0.29, 0.717) is 0 Å². The van der Waals surface area contributed by atoms with E-state index in [4.69, 9.17) is 0 Å². The fraction of sp³-hybridized carbons (Fsp3) is 0.667. The Morgan fingerprint density at radius 2 is 1.05 bits per heavy atom. The van der Waals surface area contributed by atoms with Crippen molar-refractivity contribution in [1.29, 1.82) is 0 Å². The van der Waals surface area contributed by atoms with Gasteiger partial charge in [-0.3, -0.25) is 0 Å². The predicted octanol–water partition coefficient (Wildman–Crippen LogP) is 2.60. The lowest BCUT2D eigenvalue weighted by atomic mass is 10.1. The molecule has 0 unspecified atom stereocenters. The van der Waals surface area contributed by atoms with Gasteiger partial charge in [0.1, 0.15) is 24.8 Å². The maximum Gasteiger partial charge on any atom is 0.253 e. The number of rotatable bonds is 9. The third-order valence-corrected chi connectivity index (χ3v) is 4.84. The Morgan fingerprint density at radius 1 is 0.682 bits per heavy atom. The van der Waals surface area contributed by atoms with Crippen LogP contribution in [0.25, 0.3) is 0 Å². The summed E-state index contributed by atoms with van der Waals surface area (Å²) in [5.74, 6) is 2.69. The largest absolute Gasteiger partial charge is 0.253 e. The van der Waals surface area contributed by atoms with Crippen LogP contribution in [0, 0.1) is 13.8 Å². The minimum atomic E-state index is 1.16. The normalized spacial score (nSPS) is 11.3. The smallest absolute Gasteiger partial charge is 0.237 e. The molecule has 122 valence electrons. The van der Waals surface area contributed by atoms with E-state index in [1.165, 1.54) is 50.2 Å². The predicted molar refractivity (Wildman–Crippen MR) is 88.4 cm³/mol. The average Bonchev–Trinajstić information content (AvgIpc) is 2.99. The molecule has 0 aliphatic carbocycles. The third-order valence-electron chi connectivity index (χ3n) is 4.84. The molecule has 2 heterocycles. The molecule has 0 aliphatic rings. The topological polar surface area (TPSA) is 17.6 Å². The van der Waals surface area contributed by atoms with Crippen LogP contribution in [0.4, 0.5) is 0 Å². The Hall–Kier alpha value is -1.58. The molecular formula is C18H32N4+2. The Morgan fingerprint density at radius 3 is 1.36 bits per heavy atom. The highest BCUT2D eigenvalue weighted by atomic mass is 15.1. The van der Waals surface area contributed by atoms with E-state index in [-0.39, 0.29) is 0 Å². The number of unbranched alkanes of at least 4 members (excludes halogenated alkanes) is 5. The number of nitrogens with zero attached hydrogens (tertiary/aromatic N) is 4. The first-order valence-corrected chi connectivity index (χ1v) is 8.62. The Bertz CT molecular complexity index is 528. The summed E-state index contributed by atoms with van der Waals surface area (Å²) in [6.07, 6.45) is 16.7. The zero-order valence-corrected chi connectivity index (χ0v) is 14.8. The summed E-state index contributed by atoms with van der Waals surface area (Å²) in [7, 11) is 4.22. The monoisotopic (exact) mass is 304 g/mol. The van der Waals surface area contributed by atoms with Gasteiger partial charge in [0, 0.05) is 13.8 Å². The van der Waals surface area contributed by atoms with Gasteiger partial charge in [-0.05, 0) is 25.7 Å². The van der Waals surface area contributed by atoms with Crippen LogP contribution in [0.3, 0.4) is 0 Å². The van der Waals surface area contributed by atoms with Crippen molar-refractivity contribution in [2.24, 2.45) is 14.1 Å². The number of aromatic nitrogens is 4. The molecule has 0 spiro atoms.